The van der Waals surface area contributed by atoms with E-state index < -0.39 is 0 Å². The van der Waals surface area contributed by atoms with Crippen molar-refractivity contribution in [1.29, 1.82) is 0 Å². The minimum Gasteiger partial charge on any atom is -0.353 e. The van der Waals surface area contributed by atoms with E-state index in [0.717, 1.165) is 36.4 Å². The van der Waals surface area contributed by atoms with Crippen LogP contribution in [0.15, 0.2) is 18.6 Å². The van der Waals surface area contributed by atoms with Crippen molar-refractivity contribution in [3.63, 3.8) is 0 Å². The number of anilines is 2. The van der Waals surface area contributed by atoms with Crippen LogP contribution in [0.1, 0.15) is 31.5 Å². The molecule has 0 bridgehead atoms. The van der Waals surface area contributed by atoms with Crippen molar-refractivity contribution >= 4 is 22.5 Å². The smallest absolute Gasteiger partial charge is 0.204 e. The molecule has 1 aliphatic carbocycles. The summed E-state index contributed by atoms with van der Waals surface area (Å²) < 4.78 is 4.49. The third-order valence-electron chi connectivity index (χ3n) is 4.93. The van der Waals surface area contributed by atoms with E-state index in [4.69, 9.17) is 0 Å². The second kappa shape index (κ2) is 7.21. The van der Waals surface area contributed by atoms with Gasteiger partial charge in [-0.3, -0.25) is 4.90 Å². The Balaban J connectivity index is 1.35. The van der Waals surface area contributed by atoms with Gasteiger partial charge in [-0.1, -0.05) is 0 Å². The van der Waals surface area contributed by atoms with E-state index in [2.05, 4.69) is 29.1 Å². The van der Waals surface area contributed by atoms with Crippen LogP contribution in [0.3, 0.4) is 0 Å². The van der Waals surface area contributed by atoms with Crippen molar-refractivity contribution in [1.82, 2.24) is 24.2 Å². The molecule has 2 aliphatic rings. The molecule has 3 heterocycles. The van der Waals surface area contributed by atoms with Crippen LogP contribution >= 0.6 is 11.5 Å². The van der Waals surface area contributed by atoms with Gasteiger partial charge in [0.2, 0.25) is 5.13 Å². The highest BCUT2D eigenvalue weighted by molar-refractivity contribution is 7.09. The lowest BCUT2D eigenvalue weighted by Crippen LogP contribution is -2.46. The molecule has 0 radical (unpaired) electrons. The third-order valence-corrected chi connectivity index (χ3v) is 5.85. The van der Waals surface area contributed by atoms with E-state index >= 15 is 0 Å². The van der Waals surface area contributed by atoms with Crippen LogP contribution < -0.4 is 9.80 Å². The molecule has 0 N–H and O–H groups in total. The number of hydrogen-bond acceptors (Lipinski definition) is 8. The third kappa shape index (κ3) is 3.90. The summed E-state index contributed by atoms with van der Waals surface area (Å²) >= 11 is 1.48. The Kier molecular flexibility index (Phi) is 4.80. The molecule has 7 nitrogen and oxygen atoms in total. The summed E-state index contributed by atoms with van der Waals surface area (Å²) in [6.07, 6.45) is 8.44. The molecule has 0 atom stereocenters. The van der Waals surface area contributed by atoms with Crippen molar-refractivity contribution in [3.05, 3.63) is 24.4 Å². The summed E-state index contributed by atoms with van der Waals surface area (Å²) in [6, 6.07) is 3.31. The maximum Gasteiger partial charge on any atom is 0.204 e. The summed E-state index contributed by atoms with van der Waals surface area (Å²) in [5.41, 5.74) is 0. The predicted octanol–water partition coefficient (Wildman–Crippen LogP) is 2.03. The van der Waals surface area contributed by atoms with E-state index in [9.17, 15) is 0 Å². The first-order chi connectivity index (χ1) is 12.2. The van der Waals surface area contributed by atoms with Crippen LogP contribution in [0.4, 0.5) is 10.9 Å². The van der Waals surface area contributed by atoms with Crippen molar-refractivity contribution in [2.45, 2.75) is 44.3 Å². The molecule has 2 aromatic rings. The molecule has 2 fully saturated rings. The average Bonchev–Trinajstić information content (AvgIpc) is 3.35. The fraction of sp³-hybridized carbons (Fsp3) is 0.647. The monoisotopic (exact) mass is 359 g/mol. The fourth-order valence-electron chi connectivity index (χ4n) is 3.51. The highest BCUT2D eigenvalue weighted by Gasteiger charge is 2.36. The van der Waals surface area contributed by atoms with E-state index in [1.807, 2.05) is 31.3 Å². The van der Waals surface area contributed by atoms with Gasteiger partial charge in [-0.25, -0.2) is 15.0 Å². The van der Waals surface area contributed by atoms with Gasteiger partial charge in [0.1, 0.15) is 12.1 Å². The Labute approximate surface area is 152 Å². The van der Waals surface area contributed by atoms with Crippen molar-refractivity contribution in [2.75, 3.05) is 37.0 Å². The lowest BCUT2D eigenvalue weighted by molar-refractivity contribution is 0.197. The van der Waals surface area contributed by atoms with Crippen LogP contribution in [0, 0.1) is 0 Å². The lowest BCUT2D eigenvalue weighted by atomic mass is 10.0. The van der Waals surface area contributed by atoms with Gasteiger partial charge in [0, 0.05) is 57.0 Å². The normalized spacial score (nSPS) is 19.1. The Morgan fingerprint density at radius 1 is 1.16 bits per heavy atom. The Morgan fingerprint density at radius 2 is 1.92 bits per heavy atom. The standard InChI is InChI=1S/C17H25N7S/c1-22(2)17-20-15(21-25-17)11-23-9-6-14(7-10-23)24(13-3-4-13)16-5-8-18-12-19-16/h5,8,12-14H,3-4,6-7,9-11H2,1-2H3. The van der Waals surface area contributed by atoms with Gasteiger partial charge in [0.25, 0.3) is 0 Å². The molecule has 0 aromatic carbocycles. The first kappa shape index (κ1) is 16.7. The van der Waals surface area contributed by atoms with Gasteiger partial charge in [-0.2, -0.15) is 4.37 Å². The van der Waals surface area contributed by atoms with Crippen LogP contribution in [0.5, 0.6) is 0 Å². The van der Waals surface area contributed by atoms with E-state index in [1.54, 1.807) is 6.33 Å². The molecule has 25 heavy (non-hydrogen) atoms. The molecule has 0 unspecified atom stereocenters. The SMILES string of the molecule is CN(C)c1nc(CN2CCC(N(c3ccncn3)C3CC3)CC2)ns1. The Hall–Kier alpha value is -1.80. The molecule has 1 saturated heterocycles. The zero-order valence-corrected chi connectivity index (χ0v) is 15.7. The predicted molar refractivity (Wildman–Crippen MR) is 100 cm³/mol. The maximum atomic E-state index is 4.61. The largest absolute Gasteiger partial charge is 0.353 e. The minimum atomic E-state index is 0.583. The number of likely N-dealkylation sites (tertiary alicyclic amines) is 1. The van der Waals surface area contributed by atoms with Crippen LogP contribution in [0.2, 0.25) is 0 Å². The average molecular weight is 360 g/mol. The Morgan fingerprint density at radius 3 is 2.52 bits per heavy atom. The zero-order chi connectivity index (χ0) is 17.2. The van der Waals surface area contributed by atoms with E-state index in [-0.39, 0.29) is 0 Å². The Bertz CT molecular complexity index is 677. The maximum absolute atomic E-state index is 4.61. The van der Waals surface area contributed by atoms with Gasteiger partial charge in [-0.05, 0) is 31.7 Å². The van der Waals surface area contributed by atoms with Gasteiger partial charge in [-0.15, -0.1) is 0 Å². The molecule has 4 rings (SSSR count). The number of nitrogens with zero attached hydrogens (tertiary/aromatic N) is 7. The summed E-state index contributed by atoms with van der Waals surface area (Å²) in [5, 5.41) is 0.980. The fourth-order valence-corrected chi connectivity index (χ4v) is 4.10. The number of piperidine rings is 1. The van der Waals surface area contributed by atoms with Crippen LogP contribution in [-0.4, -0.2) is 63.5 Å². The highest BCUT2D eigenvalue weighted by atomic mass is 32.1. The van der Waals surface area contributed by atoms with Crippen molar-refractivity contribution in [3.8, 4) is 0 Å². The van der Waals surface area contributed by atoms with Gasteiger partial charge in [0.15, 0.2) is 5.82 Å². The topological polar surface area (TPSA) is 61.3 Å². The molecule has 2 aromatic heterocycles. The van der Waals surface area contributed by atoms with E-state index in [0.29, 0.717) is 12.1 Å². The molecule has 8 heteroatoms. The van der Waals surface area contributed by atoms with E-state index in [1.165, 1.54) is 37.2 Å². The second-order valence-corrected chi connectivity index (χ2v) is 7.83. The molecule has 1 aliphatic heterocycles. The summed E-state index contributed by atoms with van der Waals surface area (Å²) in [4.78, 5) is 20.2. The van der Waals surface area contributed by atoms with Crippen molar-refractivity contribution < 1.29 is 0 Å². The zero-order valence-electron chi connectivity index (χ0n) is 14.9. The van der Waals surface area contributed by atoms with Crippen LogP contribution in [-0.2, 0) is 6.54 Å². The minimum absolute atomic E-state index is 0.583. The molecular formula is C17H25N7S. The first-order valence-electron chi connectivity index (χ1n) is 8.97. The molecule has 134 valence electrons. The van der Waals surface area contributed by atoms with Gasteiger partial charge in [0.05, 0.1) is 6.54 Å². The number of rotatable bonds is 6. The molecule has 1 saturated carbocycles. The summed E-state index contributed by atoms with van der Waals surface area (Å²) in [5.74, 6) is 2.04. The molecular weight excluding hydrogens is 334 g/mol. The second-order valence-electron chi connectivity index (χ2n) is 7.10. The quantitative estimate of drug-likeness (QED) is 0.782. The highest BCUT2D eigenvalue weighted by Crippen LogP contribution is 2.35. The lowest BCUT2D eigenvalue weighted by Gasteiger charge is -2.39. The number of aromatic nitrogens is 4. The van der Waals surface area contributed by atoms with Crippen molar-refractivity contribution in [2.24, 2.45) is 0 Å². The number of hydrogen-bond donors (Lipinski definition) is 0. The molecule has 0 spiro atoms. The molecule has 0 amide bonds. The summed E-state index contributed by atoms with van der Waals surface area (Å²) in [7, 11) is 4.02. The summed E-state index contributed by atoms with van der Waals surface area (Å²) in [6.45, 7) is 3.04. The first-order valence-corrected chi connectivity index (χ1v) is 9.74. The van der Waals surface area contributed by atoms with Gasteiger partial charge < -0.3 is 9.80 Å². The van der Waals surface area contributed by atoms with Gasteiger partial charge >= 0.3 is 0 Å². The van der Waals surface area contributed by atoms with Crippen LogP contribution in [0.25, 0.3) is 0 Å².